The van der Waals surface area contributed by atoms with E-state index in [1.165, 1.54) is 4.31 Å². The van der Waals surface area contributed by atoms with Crippen LogP contribution in [0.4, 0.5) is 0 Å². The topological polar surface area (TPSA) is 84.3 Å². The Morgan fingerprint density at radius 2 is 2.07 bits per heavy atom. The zero-order valence-corrected chi connectivity index (χ0v) is 18.4. The van der Waals surface area contributed by atoms with Crippen molar-refractivity contribution >= 4 is 27.0 Å². The summed E-state index contributed by atoms with van der Waals surface area (Å²) >= 11 is 0. The van der Waals surface area contributed by atoms with Crippen LogP contribution in [0.1, 0.15) is 51.9 Å². The zero-order chi connectivity index (χ0) is 21.0. The average Bonchev–Trinajstić information content (AvgIpc) is 3.06. The molecule has 160 valence electrons. The predicted molar refractivity (Wildman–Crippen MR) is 115 cm³/mol. The number of nitrogens with one attached hydrogen (secondary N) is 1. The van der Waals surface area contributed by atoms with E-state index in [-0.39, 0.29) is 23.6 Å². The Labute approximate surface area is 173 Å². The summed E-state index contributed by atoms with van der Waals surface area (Å²) in [6.07, 6.45) is 2.69. The molecule has 1 amide bonds. The number of imidazole rings is 1. The van der Waals surface area contributed by atoms with Gasteiger partial charge >= 0.3 is 0 Å². The van der Waals surface area contributed by atoms with E-state index in [4.69, 9.17) is 4.98 Å². The van der Waals surface area contributed by atoms with Gasteiger partial charge in [-0.3, -0.25) is 4.79 Å². The van der Waals surface area contributed by atoms with Crippen molar-refractivity contribution in [2.45, 2.75) is 52.5 Å². The third-order valence-corrected chi connectivity index (χ3v) is 7.49. The molecule has 1 aliphatic rings. The lowest BCUT2D eigenvalue weighted by atomic mass is 9.99. The Kier molecular flexibility index (Phi) is 6.95. The number of rotatable bonds is 8. The van der Waals surface area contributed by atoms with Gasteiger partial charge < -0.3 is 9.88 Å². The van der Waals surface area contributed by atoms with Gasteiger partial charge in [-0.15, -0.1) is 0 Å². The van der Waals surface area contributed by atoms with E-state index in [2.05, 4.69) is 29.8 Å². The molecule has 2 heterocycles. The van der Waals surface area contributed by atoms with Gasteiger partial charge in [0, 0.05) is 32.1 Å². The minimum Gasteiger partial charge on any atom is -0.355 e. The molecular weight excluding hydrogens is 388 g/mol. The molecule has 1 aromatic carbocycles. The highest BCUT2D eigenvalue weighted by molar-refractivity contribution is 7.89. The van der Waals surface area contributed by atoms with Gasteiger partial charge in [0.2, 0.25) is 15.9 Å². The quantitative estimate of drug-likeness (QED) is 0.712. The summed E-state index contributed by atoms with van der Waals surface area (Å²) in [4.78, 5) is 17.4. The lowest BCUT2D eigenvalue weighted by Gasteiger charge is -2.31. The van der Waals surface area contributed by atoms with Crippen LogP contribution >= 0.6 is 0 Å². The van der Waals surface area contributed by atoms with Crippen LogP contribution in [0.15, 0.2) is 24.3 Å². The molecule has 2 aromatic rings. The molecule has 3 rings (SSSR count). The Morgan fingerprint density at radius 1 is 1.31 bits per heavy atom. The number of piperidine rings is 1. The van der Waals surface area contributed by atoms with Crippen LogP contribution in [-0.4, -0.2) is 53.6 Å². The van der Waals surface area contributed by atoms with E-state index in [0.29, 0.717) is 32.5 Å². The van der Waals surface area contributed by atoms with Crippen molar-refractivity contribution in [3.8, 4) is 0 Å². The molecule has 8 heteroatoms. The first-order valence-electron chi connectivity index (χ1n) is 10.5. The van der Waals surface area contributed by atoms with Crippen molar-refractivity contribution in [3.05, 3.63) is 30.1 Å². The fraction of sp³-hybridized carbons (Fsp3) is 0.619. The zero-order valence-electron chi connectivity index (χ0n) is 17.6. The molecule has 0 saturated carbocycles. The number of amides is 1. The van der Waals surface area contributed by atoms with Crippen LogP contribution in [0.25, 0.3) is 11.0 Å². The lowest BCUT2D eigenvalue weighted by Crippen LogP contribution is -2.46. The molecule has 0 bridgehead atoms. The van der Waals surface area contributed by atoms with E-state index in [1.807, 2.05) is 25.1 Å². The normalized spacial score (nSPS) is 18.4. The molecule has 0 spiro atoms. The second-order valence-electron chi connectivity index (χ2n) is 8.03. The molecule has 1 N–H and O–H groups in total. The van der Waals surface area contributed by atoms with E-state index >= 15 is 0 Å². The molecule has 7 nitrogen and oxygen atoms in total. The number of hydrogen-bond acceptors (Lipinski definition) is 4. The Bertz CT molecular complexity index is 952. The number of aromatic nitrogens is 2. The predicted octanol–water partition coefficient (Wildman–Crippen LogP) is 2.73. The van der Waals surface area contributed by atoms with Crippen LogP contribution in [0.5, 0.6) is 0 Å². The summed E-state index contributed by atoms with van der Waals surface area (Å²) in [5, 5.41) is 3.00. The maximum absolute atomic E-state index is 12.6. The van der Waals surface area contributed by atoms with Crippen molar-refractivity contribution in [2.75, 3.05) is 25.4 Å². The summed E-state index contributed by atoms with van der Waals surface area (Å²) in [7, 11) is -3.25. The van der Waals surface area contributed by atoms with Gasteiger partial charge in [-0.05, 0) is 45.2 Å². The average molecular weight is 421 g/mol. The molecule has 29 heavy (non-hydrogen) atoms. The summed E-state index contributed by atoms with van der Waals surface area (Å²) in [5.41, 5.74) is 2.07. The molecule has 1 aromatic heterocycles. The third-order valence-electron chi connectivity index (χ3n) is 5.44. The monoisotopic (exact) mass is 420 g/mol. The van der Waals surface area contributed by atoms with Crippen molar-refractivity contribution in [2.24, 2.45) is 5.92 Å². The Hall–Kier alpha value is -1.93. The fourth-order valence-electron chi connectivity index (χ4n) is 4.08. The largest absolute Gasteiger partial charge is 0.355 e. The van der Waals surface area contributed by atoms with Gasteiger partial charge in [-0.25, -0.2) is 17.7 Å². The second-order valence-corrected chi connectivity index (χ2v) is 10.1. The Balaban J connectivity index is 1.60. The molecule has 0 aliphatic carbocycles. The molecule has 0 radical (unpaired) electrons. The first-order valence-corrected chi connectivity index (χ1v) is 12.2. The van der Waals surface area contributed by atoms with Crippen molar-refractivity contribution in [1.29, 1.82) is 0 Å². The van der Waals surface area contributed by atoms with E-state index in [9.17, 15) is 13.2 Å². The maximum atomic E-state index is 12.6. The van der Waals surface area contributed by atoms with E-state index < -0.39 is 10.0 Å². The molecule has 1 aliphatic heterocycles. The van der Waals surface area contributed by atoms with E-state index in [1.54, 1.807) is 0 Å². The van der Waals surface area contributed by atoms with Crippen molar-refractivity contribution < 1.29 is 13.2 Å². The van der Waals surface area contributed by atoms with Gasteiger partial charge in [-0.2, -0.15) is 0 Å². The second kappa shape index (κ2) is 9.26. The van der Waals surface area contributed by atoms with Gasteiger partial charge in [0.05, 0.1) is 22.7 Å². The number of sulfonamides is 1. The number of carbonyl (C=O) groups is 1. The van der Waals surface area contributed by atoms with Crippen LogP contribution < -0.4 is 5.32 Å². The molecule has 1 unspecified atom stereocenters. The molecule has 1 fully saturated rings. The van der Waals surface area contributed by atoms with Gasteiger partial charge in [0.15, 0.2) is 0 Å². The van der Waals surface area contributed by atoms with Crippen LogP contribution in [0.2, 0.25) is 0 Å². The SMILES string of the molecule is CCCS(=O)(=O)N1CCCC(C(=O)NCCc2nc3ccccc3n2C(C)C)C1. The van der Waals surface area contributed by atoms with Gasteiger partial charge in [-0.1, -0.05) is 19.1 Å². The summed E-state index contributed by atoms with van der Waals surface area (Å²) < 4.78 is 28.3. The summed E-state index contributed by atoms with van der Waals surface area (Å²) in [6, 6.07) is 8.34. The maximum Gasteiger partial charge on any atom is 0.224 e. The fourth-order valence-corrected chi connectivity index (χ4v) is 5.67. The number of carbonyl (C=O) groups excluding carboxylic acids is 1. The molecule has 1 saturated heterocycles. The first-order chi connectivity index (χ1) is 13.8. The summed E-state index contributed by atoms with van der Waals surface area (Å²) in [6.45, 7) is 7.42. The minimum atomic E-state index is -3.25. The summed E-state index contributed by atoms with van der Waals surface area (Å²) in [5.74, 6) is 0.762. The van der Waals surface area contributed by atoms with Crippen molar-refractivity contribution in [3.63, 3.8) is 0 Å². The highest BCUT2D eigenvalue weighted by Crippen LogP contribution is 2.22. The van der Waals surface area contributed by atoms with Gasteiger partial charge in [0.25, 0.3) is 0 Å². The number of hydrogen-bond donors (Lipinski definition) is 1. The highest BCUT2D eigenvalue weighted by Gasteiger charge is 2.31. The van der Waals surface area contributed by atoms with Crippen LogP contribution in [0.3, 0.4) is 0 Å². The molecular formula is C21H32N4O3S. The third kappa shape index (κ3) is 4.98. The van der Waals surface area contributed by atoms with E-state index in [0.717, 1.165) is 29.7 Å². The standard InChI is InChI=1S/C21H32N4O3S/c1-4-14-29(27,28)24-13-7-8-17(15-24)21(26)22-12-11-20-23-18-9-5-6-10-19(18)25(20)16(2)3/h5-6,9-10,16-17H,4,7-8,11-15H2,1-3H3,(H,22,26). The number of benzene rings is 1. The minimum absolute atomic E-state index is 0.0615. The number of nitrogens with zero attached hydrogens (tertiary/aromatic N) is 3. The number of fused-ring (bicyclic) bond motifs is 1. The lowest BCUT2D eigenvalue weighted by molar-refractivity contribution is -0.126. The Morgan fingerprint density at radius 3 is 2.79 bits per heavy atom. The van der Waals surface area contributed by atoms with Gasteiger partial charge in [0.1, 0.15) is 5.82 Å². The smallest absolute Gasteiger partial charge is 0.224 e. The van der Waals surface area contributed by atoms with Crippen molar-refractivity contribution in [1.82, 2.24) is 19.2 Å². The first kappa shape index (κ1) is 21.8. The molecule has 1 atom stereocenters. The van der Waals surface area contributed by atoms with Crippen LogP contribution in [0, 0.1) is 5.92 Å². The highest BCUT2D eigenvalue weighted by atomic mass is 32.2. The number of para-hydroxylation sites is 2. The van der Waals surface area contributed by atoms with Crippen LogP contribution in [-0.2, 0) is 21.2 Å².